The first-order valence-electron chi connectivity index (χ1n) is 12.5. The standard InChI is InChI=1S/C27H33Cl2N3O2/c1-34-20-12-14-23-24(16-20)32-27(31-23,18-11-13-21(28)22(29)15-18)25(17-7-3-2-4-8-17)26(33)30-19-9-5-6-10-19/h11-17,19,25,31-32H,2-10H2,1H3,(H,30,33). The maximum absolute atomic E-state index is 14.1. The second-order valence-electron chi connectivity index (χ2n) is 9.96. The number of nitrogens with one attached hydrogen (secondary N) is 3. The molecule has 2 unspecified atom stereocenters. The summed E-state index contributed by atoms with van der Waals surface area (Å²) in [4.78, 5) is 14.1. The summed E-state index contributed by atoms with van der Waals surface area (Å²) < 4.78 is 5.48. The van der Waals surface area contributed by atoms with E-state index in [1.165, 1.54) is 19.3 Å². The van der Waals surface area contributed by atoms with Crippen LogP contribution in [0.3, 0.4) is 0 Å². The van der Waals surface area contributed by atoms with E-state index in [0.29, 0.717) is 10.0 Å². The number of anilines is 2. The van der Waals surface area contributed by atoms with E-state index in [1.807, 2.05) is 36.4 Å². The van der Waals surface area contributed by atoms with E-state index >= 15 is 0 Å². The topological polar surface area (TPSA) is 62.4 Å². The van der Waals surface area contributed by atoms with Crippen LogP contribution in [0.5, 0.6) is 5.75 Å². The second-order valence-corrected chi connectivity index (χ2v) is 10.8. The van der Waals surface area contributed by atoms with E-state index in [2.05, 4.69) is 16.0 Å². The lowest BCUT2D eigenvalue weighted by atomic mass is 9.71. The average molecular weight is 502 g/mol. The Morgan fingerprint density at radius 3 is 2.35 bits per heavy atom. The first-order valence-corrected chi connectivity index (χ1v) is 13.3. The molecule has 3 aliphatic rings. The molecule has 2 aliphatic carbocycles. The van der Waals surface area contributed by atoms with Crippen LogP contribution in [0.1, 0.15) is 63.4 Å². The quantitative estimate of drug-likeness (QED) is 0.400. The Morgan fingerprint density at radius 1 is 0.941 bits per heavy atom. The Labute approximate surface area is 211 Å². The van der Waals surface area contributed by atoms with Crippen LogP contribution in [0.2, 0.25) is 10.0 Å². The van der Waals surface area contributed by atoms with Crippen molar-refractivity contribution >= 4 is 40.5 Å². The van der Waals surface area contributed by atoms with Crippen molar-refractivity contribution in [3.8, 4) is 5.75 Å². The number of carbonyl (C=O) groups excluding carboxylic acids is 1. The fourth-order valence-corrected chi connectivity index (χ4v) is 6.43. The lowest BCUT2D eigenvalue weighted by molar-refractivity contribution is -0.130. The van der Waals surface area contributed by atoms with E-state index in [4.69, 9.17) is 27.9 Å². The first-order chi connectivity index (χ1) is 16.5. The van der Waals surface area contributed by atoms with Crippen LogP contribution in [-0.4, -0.2) is 19.1 Å². The van der Waals surface area contributed by atoms with E-state index in [9.17, 15) is 4.79 Å². The Balaban J connectivity index is 1.61. The lowest BCUT2D eigenvalue weighted by Crippen LogP contribution is -2.56. The summed E-state index contributed by atoms with van der Waals surface area (Å²) in [5, 5.41) is 11.9. The highest BCUT2D eigenvalue weighted by molar-refractivity contribution is 6.42. The number of hydrogen-bond acceptors (Lipinski definition) is 4. The van der Waals surface area contributed by atoms with Gasteiger partial charge in [0.15, 0.2) is 0 Å². The van der Waals surface area contributed by atoms with Gasteiger partial charge in [0.1, 0.15) is 11.4 Å². The largest absolute Gasteiger partial charge is 0.497 e. The predicted molar refractivity (Wildman–Crippen MR) is 139 cm³/mol. The van der Waals surface area contributed by atoms with E-state index < -0.39 is 5.66 Å². The van der Waals surface area contributed by atoms with Gasteiger partial charge >= 0.3 is 0 Å². The molecule has 0 bridgehead atoms. The maximum Gasteiger partial charge on any atom is 0.228 e. The van der Waals surface area contributed by atoms with Gasteiger partial charge in [-0.2, -0.15) is 0 Å². The average Bonchev–Trinajstić information content (AvgIpc) is 3.49. The molecule has 1 heterocycles. The zero-order chi connectivity index (χ0) is 23.7. The van der Waals surface area contributed by atoms with Crippen molar-refractivity contribution in [1.29, 1.82) is 0 Å². The molecule has 0 saturated heterocycles. The molecule has 2 atom stereocenters. The van der Waals surface area contributed by atoms with E-state index in [-0.39, 0.29) is 23.8 Å². The second kappa shape index (κ2) is 9.87. The smallest absolute Gasteiger partial charge is 0.228 e. The maximum atomic E-state index is 14.1. The van der Waals surface area contributed by atoms with Gasteiger partial charge in [-0.05, 0) is 61.4 Å². The van der Waals surface area contributed by atoms with Gasteiger partial charge in [-0.15, -0.1) is 0 Å². The van der Waals surface area contributed by atoms with Gasteiger partial charge < -0.3 is 20.7 Å². The minimum Gasteiger partial charge on any atom is -0.497 e. The number of amides is 1. The Morgan fingerprint density at radius 2 is 1.65 bits per heavy atom. The number of hydrogen-bond donors (Lipinski definition) is 3. The third-order valence-corrected chi connectivity index (χ3v) is 8.58. The lowest BCUT2D eigenvalue weighted by Gasteiger charge is -2.43. The minimum absolute atomic E-state index is 0.115. The molecule has 2 saturated carbocycles. The summed E-state index contributed by atoms with van der Waals surface area (Å²) in [7, 11) is 1.66. The van der Waals surface area contributed by atoms with Crippen LogP contribution in [-0.2, 0) is 10.5 Å². The van der Waals surface area contributed by atoms with Gasteiger partial charge in [-0.1, -0.05) is 61.4 Å². The number of fused-ring (bicyclic) bond motifs is 1. The van der Waals surface area contributed by atoms with Crippen molar-refractivity contribution in [2.45, 2.75) is 69.5 Å². The molecule has 1 aliphatic heterocycles. The Hall–Kier alpha value is -2.11. The van der Waals surface area contributed by atoms with Gasteiger partial charge in [0.05, 0.1) is 34.4 Å². The Bertz CT molecular complexity index is 1050. The van der Waals surface area contributed by atoms with Gasteiger partial charge in [0.25, 0.3) is 0 Å². The molecule has 1 amide bonds. The van der Waals surface area contributed by atoms with Crippen LogP contribution < -0.4 is 20.7 Å². The summed E-state index contributed by atoms with van der Waals surface area (Å²) in [6, 6.07) is 11.9. The van der Waals surface area contributed by atoms with Crippen molar-refractivity contribution in [2.75, 3.05) is 17.7 Å². The van der Waals surface area contributed by atoms with Gasteiger partial charge in [0, 0.05) is 12.1 Å². The van der Waals surface area contributed by atoms with Gasteiger partial charge in [0.2, 0.25) is 5.91 Å². The monoisotopic (exact) mass is 501 g/mol. The molecule has 5 rings (SSSR count). The number of rotatable bonds is 6. The zero-order valence-electron chi connectivity index (χ0n) is 19.6. The predicted octanol–water partition coefficient (Wildman–Crippen LogP) is 6.95. The molecule has 0 aromatic heterocycles. The molecule has 2 aromatic rings. The summed E-state index contributed by atoms with van der Waals surface area (Å²) >= 11 is 12.8. The Kier molecular flexibility index (Phi) is 6.85. The highest BCUT2D eigenvalue weighted by Gasteiger charge is 2.52. The van der Waals surface area contributed by atoms with Crippen molar-refractivity contribution in [2.24, 2.45) is 11.8 Å². The summed E-state index contributed by atoms with van der Waals surface area (Å²) in [5.41, 5.74) is 1.93. The number of carbonyl (C=O) groups is 1. The van der Waals surface area contributed by atoms with Crippen LogP contribution in [0.25, 0.3) is 0 Å². The first kappa shape index (κ1) is 23.6. The fraction of sp³-hybridized carbons (Fsp3) is 0.519. The molecule has 2 fully saturated rings. The minimum atomic E-state index is -0.840. The highest BCUT2D eigenvalue weighted by atomic mass is 35.5. The summed E-state index contributed by atoms with van der Waals surface area (Å²) in [6.45, 7) is 0. The molecule has 2 aromatic carbocycles. The molecular formula is C27H33Cl2N3O2. The van der Waals surface area contributed by atoms with Gasteiger partial charge in [-0.3, -0.25) is 4.79 Å². The zero-order valence-corrected chi connectivity index (χ0v) is 21.1. The summed E-state index contributed by atoms with van der Waals surface area (Å²) in [6.07, 6.45) is 10.1. The summed E-state index contributed by atoms with van der Waals surface area (Å²) in [5.74, 6) is 0.817. The molecule has 7 heteroatoms. The van der Waals surface area contributed by atoms with E-state index in [0.717, 1.165) is 61.2 Å². The van der Waals surface area contributed by atoms with Crippen molar-refractivity contribution in [3.05, 3.63) is 52.0 Å². The molecule has 34 heavy (non-hydrogen) atoms. The third-order valence-electron chi connectivity index (χ3n) is 7.84. The SMILES string of the molecule is COc1ccc2c(c1)NC(c1ccc(Cl)c(Cl)c1)(C(C(=O)NC1CCCC1)C1CCCCC1)N2. The normalized spacial score (nSPS) is 23.6. The molecule has 0 spiro atoms. The van der Waals surface area contributed by atoms with Crippen molar-refractivity contribution in [3.63, 3.8) is 0 Å². The van der Waals surface area contributed by atoms with Gasteiger partial charge in [-0.25, -0.2) is 0 Å². The molecule has 3 N–H and O–H groups in total. The number of methoxy groups -OCH3 is 1. The van der Waals surface area contributed by atoms with Crippen LogP contribution in [0.4, 0.5) is 11.4 Å². The molecule has 5 nitrogen and oxygen atoms in total. The van der Waals surface area contributed by atoms with Crippen molar-refractivity contribution < 1.29 is 9.53 Å². The third kappa shape index (κ3) is 4.45. The number of benzene rings is 2. The van der Waals surface area contributed by atoms with Crippen molar-refractivity contribution in [1.82, 2.24) is 5.32 Å². The number of halogens is 2. The number of ether oxygens (including phenoxy) is 1. The molecular weight excluding hydrogens is 469 g/mol. The highest BCUT2D eigenvalue weighted by Crippen LogP contribution is 2.50. The molecule has 182 valence electrons. The fourth-order valence-electron chi connectivity index (χ4n) is 6.13. The van der Waals surface area contributed by atoms with Crippen LogP contribution >= 0.6 is 23.2 Å². The van der Waals surface area contributed by atoms with E-state index in [1.54, 1.807) is 7.11 Å². The van der Waals surface area contributed by atoms with Crippen LogP contribution in [0.15, 0.2) is 36.4 Å². The molecule has 0 radical (unpaired) electrons. The van der Waals surface area contributed by atoms with Crippen LogP contribution in [0, 0.1) is 11.8 Å².